The predicted molar refractivity (Wildman–Crippen MR) is 83.2 cm³/mol. The highest BCUT2D eigenvalue weighted by Crippen LogP contribution is 2.43. The summed E-state index contributed by atoms with van der Waals surface area (Å²) in [4.78, 5) is 0. The number of hydrogen-bond acceptors (Lipinski definition) is 2. The standard InChI is InChI=1S/C18H20FNO/c1-12-3-5-13(6-4-12)18(14-7-8-14)20-17-11-15(21-2)9-10-16(17)19/h3-6,9-11,14,18,20H,7-8H2,1-2H3. The molecule has 1 N–H and O–H groups in total. The minimum atomic E-state index is -0.242. The van der Waals surface area contributed by atoms with Gasteiger partial charge in [-0.3, -0.25) is 0 Å². The van der Waals surface area contributed by atoms with E-state index in [-0.39, 0.29) is 11.9 Å². The first-order valence-corrected chi connectivity index (χ1v) is 7.34. The van der Waals surface area contributed by atoms with Crippen molar-refractivity contribution >= 4 is 5.69 Å². The molecule has 1 atom stereocenters. The van der Waals surface area contributed by atoms with E-state index in [2.05, 4.69) is 36.5 Å². The van der Waals surface area contributed by atoms with Crippen LogP contribution in [0.5, 0.6) is 5.75 Å². The van der Waals surface area contributed by atoms with Gasteiger partial charge in [0, 0.05) is 6.07 Å². The number of halogens is 1. The first-order valence-electron chi connectivity index (χ1n) is 7.34. The molecule has 21 heavy (non-hydrogen) atoms. The molecule has 1 saturated carbocycles. The largest absolute Gasteiger partial charge is 0.497 e. The zero-order chi connectivity index (χ0) is 14.8. The summed E-state index contributed by atoms with van der Waals surface area (Å²) in [7, 11) is 1.59. The van der Waals surface area contributed by atoms with Gasteiger partial charge >= 0.3 is 0 Å². The van der Waals surface area contributed by atoms with Crippen molar-refractivity contribution < 1.29 is 9.13 Å². The van der Waals surface area contributed by atoms with Crippen LogP contribution < -0.4 is 10.1 Å². The molecule has 110 valence electrons. The molecule has 3 rings (SSSR count). The summed E-state index contributed by atoms with van der Waals surface area (Å²) in [6.45, 7) is 2.07. The van der Waals surface area contributed by atoms with Crippen molar-refractivity contribution in [3.63, 3.8) is 0 Å². The van der Waals surface area contributed by atoms with Gasteiger partial charge in [-0.1, -0.05) is 29.8 Å². The molecule has 0 aromatic heterocycles. The second-order valence-electron chi connectivity index (χ2n) is 5.72. The first-order chi connectivity index (χ1) is 10.2. The smallest absolute Gasteiger partial charge is 0.146 e. The van der Waals surface area contributed by atoms with Gasteiger partial charge < -0.3 is 10.1 Å². The van der Waals surface area contributed by atoms with Gasteiger partial charge in [0.2, 0.25) is 0 Å². The maximum absolute atomic E-state index is 14.0. The molecule has 1 aliphatic rings. The summed E-state index contributed by atoms with van der Waals surface area (Å²) in [6, 6.07) is 13.4. The molecule has 0 heterocycles. The predicted octanol–water partition coefficient (Wildman–Crippen LogP) is 4.71. The summed E-state index contributed by atoms with van der Waals surface area (Å²) in [5, 5.41) is 3.36. The number of rotatable bonds is 5. The summed E-state index contributed by atoms with van der Waals surface area (Å²) < 4.78 is 19.2. The highest BCUT2D eigenvalue weighted by Gasteiger charge is 2.32. The van der Waals surface area contributed by atoms with Crippen LogP contribution in [0.1, 0.15) is 30.0 Å². The van der Waals surface area contributed by atoms with E-state index in [1.165, 1.54) is 30.0 Å². The minimum Gasteiger partial charge on any atom is -0.497 e. The van der Waals surface area contributed by atoms with Crippen molar-refractivity contribution in [2.45, 2.75) is 25.8 Å². The highest BCUT2D eigenvalue weighted by atomic mass is 19.1. The van der Waals surface area contributed by atoms with Crippen LogP contribution in [-0.4, -0.2) is 7.11 Å². The maximum atomic E-state index is 14.0. The van der Waals surface area contributed by atoms with E-state index in [1.54, 1.807) is 19.2 Å². The molecule has 1 fully saturated rings. The van der Waals surface area contributed by atoms with E-state index in [4.69, 9.17) is 4.74 Å². The van der Waals surface area contributed by atoms with E-state index in [0.717, 1.165) is 0 Å². The van der Waals surface area contributed by atoms with Crippen LogP contribution in [0, 0.1) is 18.7 Å². The van der Waals surface area contributed by atoms with Crippen molar-refractivity contribution in [2.24, 2.45) is 5.92 Å². The molecular weight excluding hydrogens is 265 g/mol. The van der Waals surface area contributed by atoms with Gasteiger partial charge in [0.15, 0.2) is 0 Å². The third-order valence-electron chi connectivity index (χ3n) is 4.01. The first kappa shape index (κ1) is 13.9. The number of aryl methyl sites for hydroxylation is 1. The highest BCUT2D eigenvalue weighted by molar-refractivity contribution is 5.51. The summed E-state index contributed by atoms with van der Waals surface area (Å²) in [6.07, 6.45) is 2.38. The fourth-order valence-electron chi connectivity index (χ4n) is 2.59. The normalized spacial score (nSPS) is 15.6. The second kappa shape index (κ2) is 5.76. The third-order valence-corrected chi connectivity index (χ3v) is 4.01. The van der Waals surface area contributed by atoms with Crippen LogP contribution in [0.2, 0.25) is 0 Å². The maximum Gasteiger partial charge on any atom is 0.146 e. The molecule has 2 nitrogen and oxygen atoms in total. The van der Waals surface area contributed by atoms with Crippen molar-refractivity contribution in [3.05, 3.63) is 59.4 Å². The Bertz CT molecular complexity index is 620. The minimum absolute atomic E-state index is 0.159. The van der Waals surface area contributed by atoms with Gasteiger partial charge in [-0.05, 0) is 43.4 Å². The van der Waals surface area contributed by atoms with Gasteiger partial charge in [0.25, 0.3) is 0 Å². The number of methoxy groups -OCH3 is 1. The Morgan fingerprint density at radius 2 is 1.86 bits per heavy atom. The van der Waals surface area contributed by atoms with Gasteiger partial charge in [-0.25, -0.2) is 4.39 Å². The molecule has 0 saturated heterocycles. The van der Waals surface area contributed by atoms with Crippen LogP contribution in [0.3, 0.4) is 0 Å². The van der Waals surface area contributed by atoms with Gasteiger partial charge in [0.1, 0.15) is 11.6 Å². The summed E-state index contributed by atoms with van der Waals surface area (Å²) in [5.41, 5.74) is 2.96. The number of hydrogen-bond donors (Lipinski definition) is 1. The molecule has 0 spiro atoms. The van der Waals surface area contributed by atoms with E-state index in [0.29, 0.717) is 17.4 Å². The third kappa shape index (κ3) is 3.18. The Hall–Kier alpha value is -2.03. The van der Waals surface area contributed by atoms with Gasteiger partial charge in [0.05, 0.1) is 18.8 Å². The topological polar surface area (TPSA) is 21.3 Å². The molecule has 1 unspecified atom stereocenters. The average Bonchev–Trinajstić information content (AvgIpc) is 3.32. The quantitative estimate of drug-likeness (QED) is 0.859. The van der Waals surface area contributed by atoms with E-state index in [1.807, 2.05) is 0 Å². The Kier molecular flexibility index (Phi) is 3.82. The molecule has 3 heteroatoms. The number of nitrogens with one attached hydrogen (secondary N) is 1. The molecular formula is C18H20FNO. The van der Waals surface area contributed by atoms with E-state index < -0.39 is 0 Å². The van der Waals surface area contributed by atoms with Crippen LogP contribution in [-0.2, 0) is 0 Å². The SMILES string of the molecule is COc1ccc(F)c(NC(c2ccc(C)cc2)C2CC2)c1. The Labute approximate surface area is 125 Å². The Morgan fingerprint density at radius 3 is 2.48 bits per heavy atom. The summed E-state index contributed by atoms with van der Waals surface area (Å²) in [5.74, 6) is 1.00. The zero-order valence-corrected chi connectivity index (χ0v) is 12.4. The summed E-state index contributed by atoms with van der Waals surface area (Å²) >= 11 is 0. The lowest BCUT2D eigenvalue weighted by atomic mass is 10.0. The molecule has 0 aliphatic heterocycles. The molecule has 2 aromatic carbocycles. The monoisotopic (exact) mass is 285 g/mol. The van der Waals surface area contributed by atoms with Crippen LogP contribution in [0.25, 0.3) is 0 Å². The number of benzene rings is 2. The molecule has 0 bridgehead atoms. The van der Waals surface area contributed by atoms with Crippen LogP contribution in [0.4, 0.5) is 10.1 Å². The molecule has 0 radical (unpaired) electrons. The second-order valence-corrected chi connectivity index (χ2v) is 5.72. The van der Waals surface area contributed by atoms with Crippen molar-refractivity contribution in [2.75, 3.05) is 12.4 Å². The van der Waals surface area contributed by atoms with Crippen molar-refractivity contribution in [1.29, 1.82) is 0 Å². The molecule has 2 aromatic rings. The van der Waals surface area contributed by atoms with Crippen LogP contribution in [0.15, 0.2) is 42.5 Å². The number of anilines is 1. The van der Waals surface area contributed by atoms with Crippen LogP contribution >= 0.6 is 0 Å². The fraction of sp³-hybridized carbons (Fsp3) is 0.333. The lowest BCUT2D eigenvalue weighted by Crippen LogP contribution is -2.14. The van der Waals surface area contributed by atoms with E-state index >= 15 is 0 Å². The van der Waals surface area contributed by atoms with Gasteiger partial charge in [-0.2, -0.15) is 0 Å². The van der Waals surface area contributed by atoms with Crippen molar-refractivity contribution in [3.8, 4) is 5.75 Å². The molecule has 0 amide bonds. The molecule has 1 aliphatic carbocycles. The van der Waals surface area contributed by atoms with Gasteiger partial charge in [-0.15, -0.1) is 0 Å². The lowest BCUT2D eigenvalue weighted by Gasteiger charge is -2.21. The van der Waals surface area contributed by atoms with Crippen molar-refractivity contribution in [1.82, 2.24) is 0 Å². The van der Waals surface area contributed by atoms with E-state index in [9.17, 15) is 4.39 Å². The number of ether oxygens (including phenoxy) is 1. The average molecular weight is 285 g/mol. The lowest BCUT2D eigenvalue weighted by molar-refractivity contribution is 0.414. The Balaban J connectivity index is 1.87. The fourth-order valence-corrected chi connectivity index (χ4v) is 2.59. The zero-order valence-electron chi connectivity index (χ0n) is 12.4. The Morgan fingerprint density at radius 1 is 1.14 bits per heavy atom.